The number of hydrogen-bond donors (Lipinski definition) is 4. The van der Waals surface area contributed by atoms with E-state index in [1.807, 2.05) is 25.1 Å². The second-order valence-electron chi connectivity index (χ2n) is 5.08. The molecule has 0 aliphatic carbocycles. The first-order valence-electron chi connectivity index (χ1n) is 6.96. The van der Waals surface area contributed by atoms with Crippen LogP contribution in [-0.4, -0.2) is 17.3 Å². The highest BCUT2D eigenvalue weighted by Gasteiger charge is 2.19. The van der Waals surface area contributed by atoms with Crippen LogP contribution in [0.2, 0.25) is 0 Å². The smallest absolute Gasteiger partial charge is 0.126 e. The van der Waals surface area contributed by atoms with E-state index < -0.39 is 0 Å². The van der Waals surface area contributed by atoms with Gasteiger partial charge in [0, 0.05) is 11.1 Å². The van der Waals surface area contributed by atoms with Crippen molar-refractivity contribution in [2.45, 2.75) is 6.92 Å². The van der Waals surface area contributed by atoms with Crippen LogP contribution in [0.1, 0.15) is 16.7 Å². The van der Waals surface area contributed by atoms with Crippen LogP contribution in [0.4, 0.5) is 0 Å². The van der Waals surface area contributed by atoms with E-state index >= 15 is 0 Å². The van der Waals surface area contributed by atoms with Gasteiger partial charge in [-0.05, 0) is 6.92 Å². The molecule has 2 aromatic carbocycles. The van der Waals surface area contributed by atoms with Crippen LogP contribution in [-0.2, 0) is 0 Å². The molecular weight excluding hydrogens is 308 g/mol. The molecule has 0 saturated carbocycles. The lowest BCUT2D eigenvalue weighted by Crippen LogP contribution is -2.23. The third-order valence-corrected chi connectivity index (χ3v) is 3.74. The predicted molar refractivity (Wildman–Crippen MR) is 96.1 cm³/mol. The average molecular weight is 325 g/mol. The van der Waals surface area contributed by atoms with Crippen LogP contribution in [0.5, 0.6) is 0 Å². The van der Waals surface area contributed by atoms with Crippen LogP contribution < -0.4 is 5.73 Å². The summed E-state index contributed by atoms with van der Waals surface area (Å²) in [6.07, 6.45) is 0. The molecule has 0 radical (unpaired) electrons. The molecule has 0 aliphatic rings. The van der Waals surface area contributed by atoms with E-state index in [-0.39, 0.29) is 27.9 Å². The van der Waals surface area contributed by atoms with E-state index in [4.69, 9.17) is 33.6 Å². The molecule has 0 amide bonds. The fourth-order valence-corrected chi connectivity index (χ4v) is 2.39. The van der Waals surface area contributed by atoms with Crippen molar-refractivity contribution in [3.05, 3.63) is 81.9 Å². The highest BCUT2D eigenvalue weighted by atomic mass is 35.5. The van der Waals surface area contributed by atoms with Crippen LogP contribution in [0.15, 0.2) is 65.2 Å². The number of rotatable bonds is 5. The summed E-state index contributed by atoms with van der Waals surface area (Å²) in [4.78, 5) is 0. The van der Waals surface area contributed by atoms with Gasteiger partial charge in [0.1, 0.15) is 5.84 Å². The van der Waals surface area contributed by atoms with E-state index in [1.54, 1.807) is 36.4 Å². The van der Waals surface area contributed by atoms with E-state index in [2.05, 4.69) is 0 Å². The molecular formula is C18H17ClN4. The number of nitrogens with one attached hydrogen (secondary N) is 3. The zero-order valence-electron chi connectivity index (χ0n) is 12.7. The summed E-state index contributed by atoms with van der Waals surface area (Å²) in [6, 6.07) is 16.2. The molecule has 5 heteroatoms. The van der Waals surface area contributed by atoms with Crippen molar-refractivity contribution >= 4 is 28.9 Å². The van der Waals surface area contributed by atoms with E-state index in [1.165, 1.54) is 0 Å². The van der Waals surface area contributed by atoms with Gasteiger partial charge < -0.3 is 5.73 Å². The maximum Gasteiger partial charge on any atom is 0.126 e. The topological polar surface area (TPSA) is 97.6 Å². The largest absolute Gasteiger partial charge is 0.384 e. The molecule has 0 heterocycles. The van der Waals surface area contributed by atoms with Crippen molar-refractivity contribution in [1.82, 2.24) is 0 Å². The zero-order chi connectivity index (χ0) is 17.0. The summed E-state index contributed by atoms with van der Waals surface area (Å²) in [5, 5.41) is 24.3. The summed E-state index contributed by atoms with van der Waals surface area (Å²) >= 11 is 6.30. The minimum Gasteiger partial charge on any atom is -0.384 e. The van der Waals surface area contributed by atoms with Gasteiger partial charge in [-0.3, -0.25) is 16.2 Å². The molecule has 4 nitrogen and oxygen atoms in total. The fraction of sp³-hybridized carbons (Fsp3) is 0.0556. The lowest BCUT2D eigenvalue weighted by molar-refractivity contribution is 1.39. The maximum atomic E-state index is 8.31. The van der Waals surface area contributed by atoms with Gasteiger partial charge in [0.15, 0.2) is 0 Å². The Hall–Kier alpha value is -2.72. The van der Waals surface area contributed by atoms with Gasteiger partial charge in [0.2, 0.25) is 0 Å². The first-order valence-corrected chi connectivity index (χ1v) is 7.34. The quantitative estimate of drug-likeness (QED) is 0.487. The Morgan fingerprint density at radius 3 is 1.87 bits per heavy atom. The van der Waals surface area contributed by atoms with Gasteiger partial charge in [-0.25, -0.2) is 0 Å². The fourth-order valence-electron chi connectivity index (χ4n) is 2.08. The maximum absolute atomic E-state index is 8.31. The Bertz CT molecular complexity index is 790. The standard InChI is InChI=1S/C18H17ClN4/c1-11-7-9-13(10-8-11)16(20)14(18(22)23)15(19)17(21)12-5-3-2-4-6-12/h2-10,20-21H,1H3,(H3,22,23)/b15-14+,20-16?,21-17?. The summed E-state index contributed by atoms with van der Waals surface area (Å²) in [5.41, 5.74) is 8.02. The van der Waals surface area contributed by atoms with Gasteiger partial charge in [0.05, 0.1) is 22.0 Å². The minimum absolute atomic E-state index is 0.00530. The Morgan fingerprint density at radius 2 is 1.35 bits per heavy atom. The molecule has 0 spiro atoms. The second kappa shape index (κ2) is 7.03. The van der Waals surface area contributed by atoms with Gasteiger partial charge >= 0.3 is 0 Å². The molecule has 5 N–H and O–H groups in total. The van der Waals surface area contributed by atoms with Crippen molar-refractivity contribution in [2.24, 2.45) is 5.73 Å². The molecule has 0 bridgehead atoms. The summed E-state index contributed by atoms with van der Waals surface area (Å²) < 4.78 is 0. The molecule has 0 saturated heterocycles. The number of halogens is 1. The summed E-state index contributed by atoms with van der Waals surface area (Å²) in [6.45, 7) is 1.95. The molecule has 0 fully saturated rings. The molecule has 2 rings (SSSR count). The van der Waals surface area contributed by atoms with Gasteiger partial charge in [-0.15, -0.1) is 0 Å². The highest BCUT2D eigenvalue weighted by Crippen LogP contribution is 2.20. The predicted octanol–water partition coefficient (Wildman–Crippen LogP) is 3.86. The summed E-state index contributed by atoms with van der Waals surface area (Å²) in [7, 11) is 0. The Morgan fingerprint density at radius 1 is 0.826 bits per heavy atom. The molecule has 0 aliphatic heterocycles. The van der Waals surface area contributed by atoms with Crippen LogP contribution in [0, 0.1) is 23.2 Å². The minimum atomic E-state index is -0.332. The van der Waals surface area contributed by atoms with Crippen LogP contribution >= 0.6 is 11.6 Å². The zero-order valence-corrected chi connectivity index (χ0v) is 13.4. The molecule has 2 aromatic rings. The third kappa shape index (κ3) is 3.73. The SMILES string of the molecule is Cc1ccc(C(=N)/C(C(=N)N)=C(\Cl)C(=N)c2ccccc2)cc1. The van der Waals surface area contributed by atoms with Gasteiger partial charge in [-0.2, -0.15) is 0 Å². The second-order valence-corrected chi connectivity index (χ2v) is 5.46. The number of allylic oxidation sites excluding steroid dienone is 1. The molecule has 0 unspecified atom stereocenters. The lowest BCUT2D eigenvalue weighted by Gasteiger charge is -2.12. The number of nitrogens with two attached hydrogens (primary N) is 1. The van der Waals surface area contributed by atoms with Crippen molar-refractivity contribution in [1.29, 1.82) is 16.2 Å². The Balaban J connectivity index is 2.48. The number of aryl methyl sites for hydroxylation is 1. The molecule has 0 aromatic heterocycles. The molecule has 0 atom stereocenters. The van der Waals surface area contributed by atoms with Crippen molar-refractivity contribution < 1.29 is 0 Å². The monoisotopic (exact) mass is 324 g/mol. The summed E-state index contributed by atoms with van der Waals surface area (Å²) in [5.74, 6) is -0.332. The van der Waals surface area contributed by atoms with Gasteiger partial charge in [0.25, 0.3) is 0 Å². The van der Waals surface area contributed by atoms with Gasteiger partial charge in [-0.1, -0.05) is 71.8 Å². The van der Waals surface area contributed by atoms with Crippen LogP contribution in [0.25, 0.3) is 0 Å². The normalized spacial score (nSPS) is 11.6. The van der Waals surface area contributed by atoms with Crippen LogP contribution in [0.3, 0.4) is 0 Å². The average Bonchev–Trinajstić information content (AvgIpc) is 2.55. The van der Waals surface area contributed by atoms with Crippen molar-refractivity contribution in [3.8, 4) is 0 Å². The lowest BCUT2D eigenvalue weighted by atomic mass is 9.97. The van der Waals surface area contributed by atoms with Crippen molar-refractivity contribution in [3.63, 3.8) is 0 Å². The number of hydrogen-bond acceptors (Lipinski definition) is 3. The first-order chi connectivity index (χ1) is 10.9. The van der Waals surface area contributed by atoms with Crippen molar-refractivity contribution in [2.75, 3.05) is 0 Å². The molecule has 23 heavy (non-hydrogen) atoms. The third-order valence-electron chi connectivity index (χ3n) is 3.36. The van der Waals surface area contributed by atoms with E-state index in [9.17, 15) is 0 Å². The molecule has 116 valence electrons. The Labute approximate surface area is 140 Å². The van der Waals surface area contributed by atoms with E-state index in [0.29, 0.717) is 11.1 Å². The number of amidine groups is 1. The Kier molecular flexibility index (Phi) is 5.09. The number of benzene rings is 2. The highest BCUT2D eigenvalue weighted by molar-refractivity contribution is 6.51. The van der Waals surface area contributed by atoms with E-state index in [0.717, 1.165) is 5.56 Å². The first kappa shape index (κ1) is 16.6.